The molecule has 1 saturated carbocycles. The zero-order valence-corrected chi connectivity index (χ0v) is 12.2. The molecule has 1 aliphatic carbocycles. The molecule has 0 atom stereocenters. The van der Waals surface area contributed by atoms with Crippen molar-refractivity contribution in [2.45, 2.75) is 57.7 Å². The van der Waals surface area contributed by atoms with Gasteiger partial charge in [-0.15, -0.1) is 0 Å². The third-order valence-electron chi connectivity index (χ3n) is 4.59. The molecule has 3 rings (SSSR count). The van der Waals surface area contributed by atoms with E-state index < -0.39 is 0 Å². The summed E-state index contributed by atoms with van der Waals surface area (Å²) in [5, 5.41) is 8.44. The van der Waals surface area contributed by atoms with Crippen LogP contribution in [0.5, 0.6) is 0 Å². The van der Waals surface area contributed by atoms with Gasteiger partial charge in [0.15, 0.2) is 0 Å². The van der Waals surface area contributed by atoms with Crippen molar-refractivity contribution in [3.05, 3.63) is 18.0 Å². The molecule has 2 aliphatic rings. The lowest BCUT2D eigenvalue weighted by Gasteiger charge is -2.41. The molecule has 2 heterocycles. The van der Waals surface area contributed by atoms with E-state index >= 15 is 0 Å². The van der Waals surface area contributed by atoms with Crippen LogP contribution in [0, 0.1) is 0 Å². The third-order valence-corrected chi connectivity index (χ3v) is 4.59. The standard InChI is InChI=1S/C15H26N4/c1-13(2)19-9-5-14(17-19)11-18-10-8-16-15(12-18)6-3-4-7-15/h5,9,13,16H,3-4,6-8,10-12H2,1-2H3. The molecule has 1 aromatic heterocycles. The number of hydrogen-bond acceptors (Lipinski definition) is 3. The molecule has 0 radical (unpaired) electrons. The van der Waals surface area contributed by atoms with Gasteiger partial charge in [-0.25, -0.2) is 0 Å². The minimum absolute atomic E-state index is 0.416. The monoisotopic (exact) mass is 262 g/mol. The molecule has 0 bridgehead atoms. The highest BCUT2D eigenvalue weighted by molar-refractivity contribution is 5.03. The highest BCUT2D eigenvalue weighted by atomic mass is 15.3. The maximum Gasteiger partial charge on any atom is 0.0764 e. The normalized spacial score (nSPS) is 23.5. The van der Waals surface area contributed by atoms with E-state index in [2.05, 4.69) is 46.1 Å². The second-order valence-electron chi connectivity index (χ2n) is 6.51. The Labute approximate surface area is 116 Å². The van der Waals surface area contributed by atoms with Crippen molar-refractivity contribution >= 4 is 0 Å². The quantitative estimate of drug-likeness (QED) is 0.906. The summed E-state index contributed by atoms with van der Waals surface area (Å²) in [6, 6.07) is 2.63. The first-order valence-electron chi connectivity index (χ1n) is 7.68. The summed E-state index contributed by atoms with van der Waals surface area (Å²) >= 11 is 0. The van der Waals surface area contributed by atoms with E-state index in [4.69, 9.17) is 0 Å². The summed E-state index contributed by atoms with van der Waals surface area (Å²) in [6.07, 6.45) is 7.59. The molecule has 1 saturated heterocycles. The van der Waals surface area contributed by atoms with Gasteiger partial charge in [-0.2, -0.15) is 5.10 Å². The molecular weight excluding hydrogens is 236 g/mol. The van der Waals surface area contributed by atoms with E-state index in [-0.39, 0.29) is 0 Å². The van der Waals surface area contributed by atoms with E-state index in [0.717, 1.165) is 19.6 Å². The van der Waals surface area contributed by atoms with Gasteiger partial charge in [-0.3, -0.25) is 9.58 Å². The summed E-state index contributed by atoms with van der Waals surface area (Å²) in [5.41, 5.74) is 1.63. The topological polar surface area (TPSA) is 33.1 Å². The fraction of sp³-hybridized carbons (Fsp3) is 0.800. The average Bonchev–Trinajstić information content (AvgIpc) is 3.00. The van der Waals surface area contributed by atoms with E-state index in [1.807, 2.05) is 0 Å². The molecule has 0 aromatic carbocycles. The zero-order valence-electron chi connectivity index (χ0n) is 12.2. The van der Waals surface area contributed by atoms with Gasteiger partial charge in [0.05, 0.1) is 5.69 Å². The predicted octanol–water partition coefficient (Wildman–Crippen LogP) is 2.18. The van der Waals surface area contributed by atoms with Crippen molar-refractivity contribution in [1.82, 2.24) is 20.0 Å². The van der Waals surface area contributed by atoms with Crippen LogP contribution in [0.2, 0.25) is 0 Å². The fourth-order valence-electron chi connectivity index (χ4n) is 3.54. The van der Waals surface area contributed by atoms with Gasteiger partial charge in [-0.1, -0.05) is 12.8 Å². The first kappa shape index (κ1) is 13.1. The molecular formula is C15H26N4. The molecule has 19 heavy (non-hydrogen) atoms. The average molecular weight is 262 g/mol. The minimum Gasteiger partial charge on any atom is -0.309 e. The molecule has 1 aliphatic heterocycles. The molecule has 1 aromatic rings. The Balaban J connectivity index is 1.62. The van der Waals surface area contributed by atoms with E-state index in [1.165, 1.54) is 37.9 Å². The number of nitrogens with zero attached hydrogens (tertiary/aromatic N) is 3. The van der Waals surface area contributed by atoms with Gasteiger partial charge in [0.25, 0.3) is 0 Å². The molecule has 106 valence electrons. The summed E-state index contributed by atoms with van der Waals surface area (Å²) in [7, 11) is 0. The minimum atomic E-state index is 0.416. The highest BCUT2D eigenvalue weighted by Crippen LogP contribution is 2.32. The van der Waals surface area contributed by atoms with Crippen molar-refractivity contribution < 1.29 is 0 Å². The number of piperazine rings is 1. The van der Waals surface area contributed by atoms with E-state index in [1.54, 1.807) is 0 Å². The molecule has 2 fully saturated rings. The van der Waals surface area contributed by atoms with Crippen LogP contribution < -0.4 is 5.32 Å². The van der Waals surface area contributed by atoms with Gasteiger partial charge in [-0.05, 0) is 32.8 Å². The Morgan fingerprint density at radius 1 is 1.37 bits per heavy atom. The summed E-state index contributed by atoms with van der Waals surface area (Å²) in [4.78, 5) is 2.58. The first-order valence-corrected chi connectivity index (χ1v) is 7.68. The molecule has 0 unspecified atom stereocenters. The van der Waals surface area contributed by atoms with Crippen LogP contribution in [0.4, 0.5) is 0 Å². The van der Waals surface area contributed by atoms with Crippen LogP contribution in [-0.4, -0.2) is 39.9 Å². The van der Waals surface area contributed by atoms with Crippen LogP contribution in [0.3, 0.4) is 0 Å². The van der Waals surface area contributed by atoms with E-state index in [9.17, 15) is 0 Å². The maximum absolute atomic E-state index is 4.67. The predicted molar refractivity (Wildman–Crippen MR) is 77.1 cm³/mol. The Kier molecular flexibility index (Phi) is 3.63. The molecule has 1 N–H and O–H groups in total. The number of nitrogens with one attached hydrogen (secondary N) is 1. The van der Waals surface area contributed by atoms with Gasteiger partial charge < -0.3 is 5.32 Å². The molecule has 4 nitrogen and oxygen atoms in total. The fourth-order valence-corrected chi connectivity index (χ4v) is 3.54. The summed E-state index contributed by atoms with van der Waals surface area (Å²) in [6.45, 7) is 8.83. The SMILES string of the molecule is CC(C)n1ccc(CN2CCNC3(CCCC3)C2)n1. The third kappa shape index (κ3) is 2.84. The largest absolute Gasteiger partial charge is 0.309 e. The zero-order chi connectivity index (χ0) is 13.3. The molecule has 1 spiro atoms. The van der Waals surface area contributed by atoms with Crippen molar-refractivity contribution in [2.24, 2.45) is 0 Å². The lowest BCUT2D eigenvalue weighted by Crippen LogP contribution is -2.58. The maximum atomic E-state index is 4.67. The number of rotatable bonds is 3. The van der Waals surface area contributed by atoms with Gasteiger partial charge in [0.1, 0.15) is 0 Å². The van der Waals surface area contributed by atoms with Gasteiger partial charge in [0, 0.05) is 44.0 Å². The lowest BCUT2D eigenvalue weighted by molar-refractivity contribution is 0.127. The van der Waals surface area contributed by atoms with E-state index in [0.29, 0.717) is 11.6 Å². The number of hydrogen-bond donors (Lipinski definition) is 1. The smallest absolute Gasteiger partial charge is 0.0764 e. The highest BCUT2D eigenvalue weighted by Gasteiger charge is 2.37. The van der Waals surface area contributed by atoms with Crippen molar-refractivity contribution in [1.29, 1.82) is 0 Å². The van der Waals surface area contributed by atoms with Crippen LogP contribution in [0.1, 0.15) is 51.3 Å². The lowest BCUT2D eigenvalue weighted by atomic mass is 9.94. The Hall–Kier alpha value is -0.870. The Bertz CT molecular complexity index is 418. The molecule has 0 amide bonds. The van der Waals surface area contributed by atoms with Crippen molar-refractivity contribution in [3.63, 3.8) is 0 Å². The van der Waals surface area contributed by atoms with Crippen molar-refractivity contribution in [3.8, 4) is 0 Å². The second-order valence-corrected chi connectivity index (χ2v) is 6.51. The first-order chi connectivity index (χ1) is 9.17. The second kappa shape index (κ2) is 5.25. The summed E-state index contributed by atoms with van der Waals surface area (Å²) in [5.74, 6) is 0. The van der Waals surface area contributed by atoms with Crippen LogP contribution >= 0.6 is 0 Å². The van der Waals surface area contributed by atoms with Crippen LogP contribution in [0.25, 0.3) is 0 Å². The number of aromatic nitrogens is 2. The van der Waals surface area contributed by atoms with Crippen LogP contribution in [0.15, 0.2) is 12.3 Å². The van der Waals surface area contributed by atoms with Gasteiger partial charge in [0.2, 0.25) is 0 Å². The Morgan fingerprint density at radius 2 is 2.16 bits per heavy atom. The Morgan fingerprint density at radius 3 is 2.84 bits per heavy atom. The molecule has 4 heteroatoms. The van der Waals surface area contributed by atoms with Crippen molar-refractivity contribution in [2.75, 3.05) is 19.6 Å². The summed E-state index contributed by atoms with van der Waals surface area (Å²) < 4.78 is 2.06. The van der Waals surface area contributed by atoms with Gasteiger partial charge >= 0.3 is 0 Å². The van der Waals surface area contributed by atoms with Crippen LogP contribution in [-0.2, 0) is 6.54 Å².